The molecule has 2 rings (SSSR count). The van der Waals surface area contributed by atoms with E-state index in [0.29, 0.717) is 0 Å². The number of carbonyl (C=O) groups excluding carboxylic acids is 3. The zero-order valence-corrected chi connectivity index (χ0v) is 12.5. The first-order chi connectivity index (χ1) is 11.1. The maximum atomic E-state index is 12.4. The number of nitrogens with zero attached hydrogens (tertiary/aromatic N) is 1. The number of amides is 4. The van der Waals surface area contributed by atoms with Gasteiger partial charge in [0.15, 0.2) is 0 Å². The summed E-state index contributed by atoms with van der Waals surface area (Å²) in [5.74, 6) is -2.25. The highest BCUT2D eigenvalue weighted by molar-refractivity contribution is 6.16. The van der Waals surface area contributed by atoms with E-state index in [2.05, 4.69) is 5.32 Å². The summed E-state index contributed by atoms with van der Waals surface area (Å²) in [7, 11) is 0. The lowest BCUT2D eigenvalue weighted by Gasteiger charge is -2.30. The molecule has 1 aliphatic rings. The van der Waals surface area contributed by atoms with Crippen LogP contribution in [0.5, 0.6) is 0 Å². The van der Waals surface area contributed by atoms with E-state index in [-0.39, 0.29) is 26.3 Å². The summed E-state index contributed by atoms with van der Waals surface area (Å²) >= 11 is 0. The van der Waals surface area contributed by atoms with Crippen molar-refractivity contribution in [1.82, 2.24) is 10.2 Å². The van der Waals surface area contributed by atoms with Gasteiger partial charge in [0.2, 0.25) is 11.8 Å². The van der Waals surface area contributed by atoms with Gasteiger partial charge in [0.05, 0.1) is 12.7 Å². The zero-order valence-electron chi connectivity index (χ0n) is 12.5. The van der Waals surface area contributed by atoms with E-state index < -0.39 is 29.9 Å². The standard InChI is InChI=1S/C15H19N3O5/c16-7-11(8-19)23-9-18-14(21)12(13(20)17-15(18)22)6-10-4-2-1-3-5-10/h1-5,11-12,19H,6-9,16H2,(H,17,20,22). The van der Waals surface area contributed by atoms with Crippen LogP contribution >= 0.6 is 0 Å². The number of ether oxygens (including phenoxy) is 1. The smallest absolute Gasteiger partial charge is 0.332 e. The Morgan fingerprint density at radius 2 is 1.96 bits per heavy atom. The number of carbonyl (C=O) groups is 3. The highest BCUT2D eigenvalue weighted by Crippen LogP contribution is 2.16. The van der Waals surface area contributed by atoms with Crippen LogP contribution in [0.2, 0.25) is 0 Å². The number of imide groups is 2. The SMILES string of the molecule is NCC(CO)OCN1C(=O)NC(=O)C(Cc2ccccc2)C1=O. The van der Waals surface area contributed by atoms with Crippen molar-refractivity contribution in [3.8, 4) is 0 Å². The molecule has 0 radical (unpaired) electrons. The van der Waals surface area contributed by atoms with Crippen molar-refractivity contribution >= 4 is 17.8 Å². The van der Waals surface area contributed by atoms with Crippen molar-refractivity contribution < 1.29 is 24.2 Å². The van der Waals surface area contributed by atoms with Crippen LogP contribution in [0.3, 0.4) is 0 Å². The van der Waals surface area contributed by atoms with Gasteiger partial charge in [-0.3, -0.25) is 14.9 Å². The Bertz CT molecular complexity index is 574. The van der Waals surface area contributed by atoms with E-state index in [1.54, 1.807) is 24.3 Å². The number of urea groups is 1. The lowest BCUT2D eigenvalue weighted by molar-refractivity contribution is -0.147. The van der Waals surface area contributed by atoms with Crippen molar-refractivity contribution in [3.05, 3.63) is 35.9 Å². The molecular weight excluding hydrogens is 302 g/mol. The monoisotopic (exact) mass is 321 g/mol. The second-order valence-corrected chi connectivity index (χ2v) is 5.14. The van der Waals surface area contributed by atoms with Gasteiger partial charge in [-0.2, -0.15) is 0 Å². The highest BCUT2D eigenvalue weighted by atomic mass is 16.5. The fraction of sp³-hybridized carbons (Fsp3) is 0.400. The maximum Gasteiger partial charge on any atom is 0.332 e. The van der Waals surface area contributed by atoms with Gasteiger partial charge in [0, 0.05) is 6.54 Å². The molecule has 0 aliphatic carbocycles. The van der Waals surface area contributed by atoms with Gasteiger partial charge in [0.25, 0.3) is 0 Å². The second-order valence-electron chi connectivity index (χ2n) is 5.14. The third kappa shape index (κ3) is 4.13. The first-order valence-corrected chi connectivity index (χ1v) is 7.19. The molecule has 4 N–H and O–H groups in total. The molecule has 2 unspecified atom stereocenters. The van der Waals surface area contributed by atoms with E-state index in [1.165, 1.54) is 0 Å². The molecule has 8 nitrogen and oxygen atoms in total. The van der Waals surface area contributed by atoms with Crippen LogP contribution in [0.15, 0.2) is 30.3 Å². The summed E-state index contributed by atoms with van der Waals surface area (Å²) in [4.78, 5) is 37.0. The predicted octanol–water partition coefficient (Wildman–Crippen LogP) is -0.783. The average molecular weight is 321 g/mol. The Morgan fingerprint density at radius 3 is 2.57 bits per heavy atom. The number of nitrogens with one attached hydrogen (secondary N) is 1. The van der Waals surface area contributed by atoms with Crippen LogP contribution in [-0.2, 0) is 20.7 Å². The number of hydrogen-bond donors (Lipinski definition) is 3. The minimum absolute atomic E-state index is 0.0481. The van der Waals surface area contributed by atoms with Crippen molar-refractivity contribution in [2.45, 2.75) is 12.5 Å². The average Bonchev–Trinajstić information content (AvgIpc) is 2.56. The molecule has 2 atom stereocenters. The largest absolute Gasteiger partial charge is 0.394 e. The van der Waals surface area contributed by atoms with Gasteiger partial charge >= 0.3 is 6.03 Å². The predicted molar refractivity (Wildman–Crippen MR) is 79.9 cm³/mol. The van der Waals surface area contributed by atoms with Crippen LogP contribution < -0.4 is 11.1 Å². The minimum atomic E-state index is -0.996. The normalized spacial score (nSPS) is 19.7. The number of rotatable bonds is 7. The zero-order chi connectivity index (χ0) is 16.8. The molecule has 1 saturated heterocycles. The Kier molecular flexibility index (Phi) is 5.80. The van der Waals surface area contributed by atoms with Gasteiger partial charge in [-0.05, 0) is 12.0 Å². The quantitative estimate of drug-likeness (QED) is 0.566. The van der Waals surface area contributed by atoms with E-state index in [0.717, 1.165) is 10.5 Å². The molecular formula is C15H19N3O5. The van der Waals surface area contributed by atoms with E-state index in [1.807, 2.05) is 6.07 Å². The molecule has 0 bridgehead atoms. The Hall–Kier alpha value is -2.29. The van der Waals surface area contributed by atoms with Crippen LogP contribution in [-0.4, -0.2) is 53.8 Å². The van der Waals surface area contributed by atoms with Gasteiger partial charge in [-0.1, -0.05) is 30.3 Å². The molecule has 1 aromatic rings. The van der Waals surface area contributed by atoms with Crippen molar-refractivity contribution in [3.63, 3.8) is 0 Å². The van der Waals surface area contributed by atoms with Crippen molar-refractivity contribution in [1.29, 1.82) is 0 Å². The Labute approximate surface area is 133 Å². The van der Waals surface area contributed by atoms with E-state index in [9.17, 15) is 14.4 Å². The Balaban J connectivity index is 2.07. The van der Waals surface area contributed by atoms with Gasteiger partial charge in [-0.15, -0.1) is 0 Å². The van der Waals surface area contributed by atoms with Crippen LogP contribution in [0.4, 0.5) is 4.79 Å². The molecule has 8 heteroatoms. The summed E-state index contributed by atoms with van der Waals surface area (Å²) in [6.07, 6.45) is -0.490. The lowest BCUT2D eigenvalue weighted by Crippen LogP contribution is -2.59. The van der Waals surface area contributed by atoms with Crippen LogP contribution in [0.1, 0.15) is 5.56 Å². The number of aliphatic hydroxyl groups is 1. The highest BCUT2D eigenvalue weighted by Gasteiger charge is 2.40. The number of benzene rings is 1. The molecule has 0 saturated carbocycles. The number of nitrogens with two attached hydrogens (primary N) is 1. The minimum Gasteiger partial charge on any atom is -0.394 e. The molecule has 4 amide bonds. The van der Waals surface area contributed by atoms with Gasteiger partial charge in [0.1, 0.15) is 12.6 Å². The second kappa shape index (κ2) is 7.82. The van der Waals surface area contributed by atoms with Crippen LogP contribution in [0.25, 0.3) is 0 Å². The van der Waals surface area contributed by atoms with E-state index >= 15 is 0 Å². The van der Waals surface area contributed by atoms with E-state index in [4.69, 9.17) is 15.6 Å². The number of barbiturate groups is 1. The fourth-order valence-corrected chi connectivity index (χ4v) is 2.19. The van der Waals surface area contributed by atoms with Gasteiger partial charge in [-0.25, -0.2) is 9.69 Å². The molecule has 1 aromatic carbocycles. The maximum absolute atomic E-state index is 12.4. The van der Waals surface area contributed by atoms with Crippen molar-refractivity contribution in [2.24, 2.45) is 11.7 Å². The first-order valence-electron chi connectivity index (χ1n) is 7.19. The van der Waals surface area contributed by atoms with Gasteiger partial charge < -0.3 is 15.6 Å². The fourth-order valence-electron chi connectivity index (χ4n) is 2.19. The first kappa shape index (κ1) is 17.1. The molecule has 1 heterocycles. The third-order valence-electron chi connectivity index (χ3n) is 3.54. The summed E-state index contributed by atoms with van der Waals surface area (Å²) in [5.41, 5.74) is 6.19. The molecule has 23 heavy (non-hydrogen) atoms. The molecule has 1 aliphatic heterocycles. The van der Waals surface area contributed by atoms with Crippen molar-refractivity contribution in [2.75, 3.05) is 19.9 Å². The summed E-state index contributed by atoms with van der Waals surface area (Å²) < 4.78 is 5.21. The lowest BCUT2D eigenvalue weighted by atomic mass is 9.96. The van der Waals surface area contributed by atoms with Crippen LogP contribution in [0, 0.1) is 5.92 Å². The number of aliphatic hydroxyl groups excluding tert-OH is 1. The summed E-state index contributed by atoms with van der Waals surface area (Å²) in [5, 5.41) is 11.2. The molecule has 1 fully saturated rings. The molecule has 0 aromatic heterocycles. The Morgan fingerprint density at radius 1 is 1.26 bits per heavy atom. The summed E-state index contributed by atoms with van der Waals surface area (Å²) in [6.45, 7) is -0.648. The topological polar surface area (TPSA) is 122 Å². The third-order valence-corrected chi connectivity index (χ3v) is 3.54. The molecule has 124 valence electrons. The number of hydrogen-bond acceptors (Lipinski definition) is 6. The molecule has 0 spiro atoms. The summed E-state index contributed by atoms with van der Waals surface area (Å²) in [6, 6.07) is 8.21.